The van der Waals surface area contributed by atoms with Gasteiger partial charge in [0.15, 0.2) is 0 Å². The molecule has 0 aliphatic carbocycles. The zero-order valence-corrected chi connectivity index (χ0v) is 9.89. The topological polar surface area (TPSA) is 23.5 Å². The Morgan fingerprint density at radius 2 is 1.87 bits per heavy atom. The van der Waals surface area contributed by atoms with Crippen LogP contribution in [-0.2, 0) is 0 Å². The molecule has 0 aromatic rings. The van der Waals surface area contributed by atoms with E-state index in [0.29, 0.717) is 13.1 Å². The van der Waals surface area contributed by atoms with Crippen molar-refractivity contribution in [2.45, 2.75) is 23.8 Å². The van der Waals surface area contributed by atoms with E-state index in [9.17, 15) is 13.2 Å². The number of hydrogen-bond acceptors (Lipinski definition) is 2. The summed E-state index contributed by atoms with van der Waals surface area (Å²) in [6.45, 7) is 1.43. The second kappa shape index (κ2) is 5.50. The summed E-state index contributed by atoms with van der Waals surface area (Å²) in [6, 6.07) is 0. The van der Waals surface area contributed by atoms with Crippen molar-refractivity contribution in [1.82, 2.24) is 4.90 Å². The first-order valence-corrected chi connectivity index (χ1v) is 5.89. The molecule has 6 heteroatoms. The summed E-state index contributed by atoms with van der Waals surface area (Å²) < 4.78 is 36.7. The van der Waals surface area contributed by atoms with Crippen LogP contribution < -0.4 is 0 Å². The van der Waals surface area contributed by atoms with Gasteiger partial charge in [0, 0.05) is 13.2 Å². The van der Waals surface area contributed by atoms with E-state index in [-0.39, 0.29) is 19.1 Å². The van der Waals surface area contributed by atoms with Crippen LogP contribution >= 0.6 is 15.9 Å². The number of halogens is 4. The Bertz CT molecular complexity index is 192. The van der Waals surface area contributed by atoms with Crippen molar-refractivity contribution in [2.24, 2.45) is 5.92 Å². The number of piperidine rings is 1. The minimum Gasteiger partial charge on any atom is -0.396 e. The van der Waals surface area contributed by atoms with E-state index in [1.54, 1.807) is 4.90 Å². The van der Waals surface area contributed by atoms with Crippen LogP contribution in [-0.4, -0.2) is 47.3 Å². The number of alkyl halides is 4. The SMILES string of the molecule is OCC1CCN(CC(Br)C(F)(F)F)CC1. The highest BCUT2D eigenvalue weighted by Gasteiger charge is 2.38. The van der Waals surface area contributed by atoms with Crippen LogP contribution in [0.15, 0.2) is 0 Å². The summed E-state index contributed by atoms with van der Waals surface area (Å²) in [4.78, 5) is 0.342. The zero-order chi connectivity index (χ0) is 11.5. The van der Waals surface area contributed by atoms with E-state index >= 15 is 0 Å². The second-order valence-corrected chi connectivity index (χ2v) is 5.04. The third-order valence-corrected chi connectivity index (χ3v) is 3.55. The predicted octanol–water partition coefficient (Wildman–Crippen LogP) is 2.02. The maximum Gasteiger partial charge on any atom is 0.402 e. The quantitative estimate of drug-likeness (QED) is 0.804. The van der Waals surface area contributed by atoms with Crippen LogP contribution in [0.25, 0.3) is 0 Å². The zero-order valence-electron chi connectivity index (χ0n) is 8.30. The van der Waals surface area contributed by atoms with Gasteiger partial charge in [-0.2, -0.15) is 13.2 Å². The molecular formula is C9H15BrF3NO. The van der Waals surface area contributed by atoms with Crippen LogP contribution in [0.4, 0.5) is 13.2 Å². The molecule has 1 N–H and O–H groups in total. The van der Waals surface area contributed by atoms with Crippen LogP contribution in [0.2, 0.25) is 0 Å². The first-order chi connectivity index (χ1) is 6.93. The largest absolute Gasteiger partial charge is 0.402 e. The molecule has 1 heterocycles. The third-order valence-electron chi connectivity index (χ3n) is 2.74. The molecule has 1 fully saturated rings. The van der Waals surface area contributed by atoms with Gasteiger partial charge in [-0.25, -0.2) is 0 Å². The van der Waals surface area contributed by atoms with Crippen molar-refractivity contribution in [2.75, 3.05) is 26.2 Å². The van der Waals surface area contributed by atoms with E-state index < -0.39 is 11.0 Å². The fourth-order valence-electron chi connectivity index (χ4n) is 1.68. The molecule has 1 saturated heterocycles. The summed E-state index contributed by atoms with van der Waals surface area (Å²) in [5, 5.41) is 8.88. The molecule has 0 radical (unpaired) electrons. The lowest BCUT2D eigenvalue weighted by Gasteiger charge is -2.32. The molecule has 0 bridgehead atoms. The highest BCUT2D eigenvalue weighted by atomic mass is 79.9. The van der Waals surface area contributed by atoms with E-state index in [4.69, 9.17) is 5.11 Å². The smallest absolute Gasteiger partial charge is 0.396 e. The summed E-state index contributed by atoms with van der Waals surface area (Å²) in [6.07, 6.45) is -2.60. The normalized spacial score (nSPS) is 23.0. The first kappa shape index (κ1) is 13.3. The van der Waals surface area contributed by atoms with Crippen molar-refractivity contribution in [3.63, 3.8) is 0 Å². The van der Waals surface area contributed by atoms with Crippen LogP contribution in [0.1, 0.15) is 12.8 Å². The van der Waals surface area contributed by atoms with Gasteiger partial charge < -0.3 is 10.0 Å². The summed E-state index contributed by atoms with van der Waals surface area (Å²) in [5.74, 6) is 0.265. The van der Waals surface area contributed by atoms with Gasteiger partial charge in [-0.05, 0) is 31.8 Å². The lowest BCUT2D eigenvalue weighted by molar-refractivity contribution is -0.131. The van der Waals surface area contributed by atoms with Gasteiger partial charge in [0.25, 0.3) is 0 Å². The molecule has 15 heavy (non-hydrogen) atoms. The third kappa shape index (κ3) is 4.28. The number of aliphatic hydroxyl groups is 1. The molecule has 0 saturated carbocycles. The molecule has 1 unspecified atom stereocenters. The minimum atomic E-state index is -4.17. The Morgan fingerprint density at radius 1 is 1.33 bits per heavy atom. The monoisotopic (exact) mass is 289 g/mol. The number of hydrogen-bond donors (Lipinski definition) is 1. The highest BCUT2D eigenvalue weighted by Crippen LogP contribution is 2.28. The molecule has 1 atom stereocenters. The average Bonchev–Trinajstić information content (AvgIpc) is 2.17. The van der Waals surface area contributed by atoms with Crippen LogP contribution in [0, 0.1) is 5.92 Å². The van der Waals surface area contributed by atoms with E-state index in [0.717, 1.165) is 12.8 Å². The van der Waals surface area contributed by atoms with Gasteiger partial charge in [-0.1, -0.05) is 15.9 Å². The Hall–Kier alpha value is 0.190. The standard InChI is InChI=1S/C9H15BrF3NO/c10-8(9(11,12)13)5-14-3-1-7(6-15)2-4-14/h7-8,15H,1-6H2. The number of likely N-dealkylation sites (tertiary alicyclic amines) is 1. The Morgan fingerprint density at radius 3 is 2.27 bits per heavy atom. The Labute approximate surface area is 95.6 Å². The van der Waals surface area contributed by atoms with Gasteiger partial charge in [0.2, 0.25) is 0 Å². The van der Waals surface area contributed by atoms with Crippen LogP contribution in [0.3, 0.4) is 0 Å². The van der Waals surface area contributed by atoms with Crippen molar-refractivity contribution >= 4 is 15.9 Å². The van der Waals surface area contributed by atoms with Gasteiger partial charge in [0.05, 0.1) is 0 Å². The molecule has 1 rings (SSSR count). The first-order valence-electron chi connectivity index (χ1n) is 4.97. The highest BCUT2D eigenvalue weighted by molar-refractivity contribution is 9.09. The fraction of sp³-hybridized carbons (Fsp3) is 1.00. The summed E-state index contributed by atoms with van der Waals surface area (Å²) >= 11 is 2.65. The molecule has 1 aliphatic heterocycles. The number of nitrogens with zero attached hydrogens (tertiary/aromatic N) is 1. The Kier molecular flexibility index (Phi) is 4.86. The lowest BCUT2D eigenvalue weighted by Crippen LogP contribution is -2.42. The van der Waals surface area contributed by atoms with Gasteiger partial charge in [-0.3, -0.25) is 0 Å². The lowest BCUT2D eigenvalue weighted by atomic mass is 9.98. The van der Waals surface area contributed by atoms with Crippen LogP contribution in [0.5, 0.6) is 0 Å². The predicted molar refractivity (Wildman–Crippen MR) is 55.0 cm³/mol. The fourth-order valence-corrected chi connectivity index (χ4v) is 2.09. The maximum atomic E-state index is 12.2. The second-order valence-electron chi connectivity index (χ2n) is 3.94. The molecule has 0 aromatic heterocycles. The molecule has 1 aliphatic rings. The van der Waals surface area contributed by atoms with Gasteiger partial charge in [-0.15, -0.1) is 0 Å². The molecule has 90 valence electrons. The molecule has 0 aromatic carbocycles. The van der Waals surface area contributed by atoms with Gasteiger partial charge in [0.1, 0.15) is 4.83 Å². The average molecular weight is 290 g/mol. The van der Waals surface area contributed by atoms with E-state index in [1.807, 2.05) is 0 Å². The van der Waals surface area contributed by atoms with E-state index in [2.05, 4.69) is 15.9 Å². The molecule has 2 nitrogen and oxygen atoms in total. The minimum absolute atomic E-state index is 0.00164. The van der Waals surface area contributed by atoms with Crippen molar-refractivity contribution in [3.05, 3.63) is 0 Å². The number of rotatable bonds is 3. The summed E-state index contributed by atoms with van der Waals surface area (Å²) in [5.41, 5.74) is 0. The van der Waals surface area contributed by atoms with Crippen molar-refractivity contribution < 1.29 is 18.3 Å². The van der Waals surface area contributed by atoms with Crippen molar-refractivity contribution in [1.29, 1.82) is 0 Å². The Balaban J connectivity index is 2.29. The maximum absolute atomic E-state index is 12.2. The molecule has 0 amide bonds. The molecule has 0 spiro atoms. The molecular weight excluding hydrogens is 275 g/mol. The summed E-state index contributed by atoms with van der Waals surface area (Å²) in [7, 11) is 0. The van der Waals surface area contributed by atoms with Gasteiger partial charge >= 0.3 is 6.18 Å². The van der Waals surface area contributed by atoms with E-state index in [1.165, 1.54) is 0 Å². The number of aliphatic hydroxyl groups excluding tert-OH is 1. The van der Waals surface area contributed by atoms with Crippen molar-refractivity contribution in [3.8, 4) is 0 Å².